The second kappa shape index (κ2) is 7.33. The molecular formula is C15H13Cl2F3N2O4S. The highest BCUT2D eigenvalue weighted by Gasteiger charge is 2.34. The monoisotopic (exact) mass is 444 g/mol. The lowest BCUT2D eigenvalue weighted by Gasteiger charge is -2.17. The molecule has 0 spiro atoms. The summed E-state index contributed by atoms with van der Waals surface area (Å²) in [6.45, 7) is 3.32. The number of alkyl halides is 3. The Bertz CT molecular complexity index is 1050. The molecule has 0 bridgehead atoms. The van der Waals surface area contributed by atoms with Crippen molar-refractivity contribution in [2.75, 3.05) is 6.26 Å². The molecule has 27 heavy (non-hydrogen) atoms. The van der Waals surface area contributed by atoms with Crippen molar-refractivity contribution >= 4 is 33.0 Å². The maximum Gasteiger partial charge on any atom is 0.365 e. The molecule has 1 aromatic carbocycles. The van der Waals surface area contributed by atoms with E-state index in [1.54, 1.807) is 13.8 Å². The Hall–Kier alpha value is -1.78. The molecule has 148 valence electrons. The summed E-state index contributed by atoms with van der Waals surface area (Å²) in [5.41, 5.74) is -3.14. The minimum Gasteiger partial charge on any atom is -0.489 e. The number of hydrogen-bond donors (Lipinski definition) is 0. The van der Waals surface area contributed by atoms with Crippen molar-refractivity contribution in [2.24, 2.45) is 0 Å². The molecule has 0 atom stereocenters. The van der Waals surface area contributed by atoms with E-state index in [2.05, 4.69) is 4.98 Å². The van der Waals surface area contributed by atoms with Gasteiger partial charge in [0.1, 0.15) is 17.3 Å². The van der Waals surface area contributed by atoms with E-state index >= 15 is 0 Å². The molecule has 0 saturated heterocycles. The lowest BCUT2D eigenvalue weighted by atomic mass is 10.2. The van der Waals surface area contributed by atoms with Gasteiger partial charge in [-0.25, -0.2) is 22.4 Å². The van der Waals surface area contributed by atoms with Gasteiger partial charge in [0.25, 0.3) is 5.56 Å². The number of rotatable bonds is 5. The Kier molecular flexibility index (Phi) is 5.84. The molecule has 0 fully saturated rings. The van der Waals surface area contributed by atoms with E-state index in [1.165, 1.54) is 0 Å². The fourth-order valence-corrected chi connectivity index (χ4v) is 3.19. The summed E-state index contributed by atoms with van der Waals surface area (Å²) in [4.78, 5) is 15.6. The van der Waals surface area contributed by atoms with Gasteiger partial charge in [-0.15, -0.1) is 0 Å². The quantitative estimate of drug-likeness (QED) is 0.520. The predicted molar refractivity (Wildman–Crippen MR) is 93.4 cm³/mol. The summed E-state index contributed by atoms with van der Waals surface area (Å²) in [5, 5.41) is -5.33. The molecule has 0 amide bonds. The maximum atomic E-state index is 14.4. The largest absolute Gasteiger partial charge is 0.489 e. The van der Waals surface area contributed by atoms with Crippen molar-refractivity contribution in [1.29, 1.82) is 0 Å². The van der Waals surface area contributed by atoms with Crippen LogP contribution in [-0.4, -0.2) is 30.3 Å². The summed E-state index contributed by atoms with van der Waals surface area (Å²) in [5.74, 6) is -1.13. The van der Waals surface area contributed by atoms with E-state index in [4.69, 9.17) is 27.9 Å². The van der Waals surface area contributed by atoms with Gasteiger partial charge in [0.15, 0.2) is 0 Å². The number of ether oxygens (including phenoxy) is 1. The van der Waals surface area contributed by atoms with E-state index in [0.717, 1.165) is 12.1 Å². The van der Waals surface area contributed by atoms with Gasteiger partial charge >= 0.3 is 5.38 Å². The molecule has 0 N–H and O–H groups in total. The molecule has 1 aromatic heterocycles. The van der Waals surface area contributed by atoms with Crippen LogP contribution in [0.2, 0.25) is 5.02 Å². The minimum atomic E-state index is -4.33. The first kappa shape index (κ1) is 21.5. The highest BCUT2D eigenvalue weighted by atomic mass is 35.5. The Morgan fingerprint density at radius 3 is 2.33 bits per heavy atom. The van der Waals surface area contributed by atoms with Crippen LogP contribution in [0.3, 0.4) is 0 Å². The van der Waals surface area contributed by atoms with Gasteiger partial charge in [-0.1, -0.05) is 11.6 Å². The topological polar surface area (TPSA) is 78.3 Å². The third kappa shape index (κ3) is 4.74. The van der Waals surface area contributed by atoms with E-state index in [9.17, 15) is 26.4 Å². The first-order valence-electron chi connectivity index (χ1n) is 7.29. The van der Waals surface area contributed by atoms with E-state index < -0.39 is 43.1 Å². The molecular weight excluding hydrogens is 432 g/mol. The van der Waals surface area contributed by atoms with Crippen LogP contribution in [0.5, 0.6) is 5.75 Å². The summed E-state index contributed by atoms with van der Waals surface area (Å²) >= 11 is 10.7. The molecule has 0 aliphatic rings. The van der Waals surface area contributed by atoms with Crippen LogP contribution < -0.4 is 10.3 Å². The second-order valence-electron chi connectivity index (χ2n) is 5.77. The van der Waals surface area contributed by atoms with Crippen LogP contribution in [0, 0.1) is 5.82 Å². The number of nitrogens with zero attached hydrogens (tertiary/aromatic N) is 2. The van der Waals surface area contributed by atoms with Crippen molar-refractivity contribution in [1.82, 2.24) is 9.55 Å². The van der Waals surface area contributed by atoms with Crippen molar-refractivity contribution in [3.05, 3.63) is 45.1 Å². The zero-order chi connectivity index (χ0) is 20.7. The van der Waals surface area contributed by atoms with E-state index in [1.807, 2.05) is 0 Å². The molecule has 2 rings (SSSR count). The first-order chi connectivity index (χ1) is 12.2. The number of aromatic nitrogens is 2. The Balaban J connectivity index is 2.89. The highest BCUT2D eigenvalue weighted by molar-refractivity contribution is 7.90. The lowest BCUT2D eigenvalue weighted by Crippen LogP contribution is -2.29. The molecule has 0 unspecified atom stereocenters. The average molecular weight is 445 g/mol. The van der Waals surface area contributed by atoms with Crippen LogP contribution in [-0.2, 0) is 15.2 Å². The molecule has 0 aliphatic carbocycles. The third-order valence-electron chi connectivity index (χ3n) is 3.11. The standard InChI is InChI=1S/C15H13Cl2F3N2O4S/c1-7(2)26-11-5-10(9(18)4-8(11)16)22-13(23)6-12(15(17,19)20)21-14(22)27(3,24)25/h4-7H,1-3H3. The Labute approximate surface area is 162 Å². The number of hydrogen-bond acceptors (Lipinski definition) is 5. The summed E-state index contributed by atoms with van der Waals surface area (Å²) in [7, 11) is -4.33. The van der Waals surface area contributed by atoms with Gasteiger partial charge in [-0.3, -0.25) is 4.79 Å². The number of benzene rings is 1. The zero-order valence-electron chi connectivity index (χ0n) is 14.1. The molecule has 1 heterocycles. The summed E-state index contributed by atoms with van der Waals surface area (Å²) in [6.07, 6.45) is 0.253. The summed E-state index contributed by atoms with van der Waals surface area (Å²) < 4.78 is 70.8. The molecule has 2 aromatic rings. The molecule has 0 aliphatic heterocycles. The molecule has 0 radical (unpaired) electrons. The number of sulfone groups is 1. The van der Waals surface area contributed by atoms with E-state index in [-0.39, 0.29) is 16.9 Å². The van der Waals surface area contributed by atoms with Crippen LogP contribution in [0.4, 0.5) is 13.2 Å². The maximum absolute atomic E-state index is 14.4. The number of halogens is 5. The SMILES string of the molecule is CC(C)Oc1cc(-n2c(S(C)(=O)=O)nc(C(F)(F)Cl)cc2=O)c(F)cc1Cl. The third-order valence-corrected chi connectivity index (χ3v) is 4.54. The van der Waals surface area contributed by atoms with Crippen molar-refractivity contribution in [3.8, 4) is 11.4 Å². The fraction of sp³-hybridized carbons (Fsp3) is 0.333. The Morgan fingerprint density at radius 2 is 1.85 bits per heavy atom. The highest BCUT2D eigenvalue weighted by Crippen LogP contribution is 2.33. The lowest BCUT2D eigenvalue weighted by molar-refractivity contribution is 0.0885. The normalized spacial score (nSPS) is 12.5. The molecule has 0 saturated carbocycles. The zero-order valence-corrected chi connectivity index (χ0v) is 16.5. The van der Waals surface area contributed by atoms with Gasteiger partial charge < -0.3 is 4.74 Å². The van der Waals surface area contributed by atoms with Gasteiger partial charge in [0.2, 0.25) is 15.0 Å². The predicted octanol–water partition coefficient (Wildman–Crippen LogP) is 3.50. The molecule has 12 heteroatoms. The van der Waals surface area contributed by atoms with E-state index in [0.29, 0.717) is 16.9 Å². The van der Waals surface area contributed by atoms with Gasteiger partial charge in [0.05, 0.1) is 16.8 Å². The smallest absolute Gasteiger partial charge is 0.365 e. The van der Waals surface area contributed by atoms with Crippen molar-refractivity contribution in [2.45, 2.75) is 30.5 Å². The van der Waals surface area contributed by atoms with Crippen LogP contribution in [0.15, 0.2) is 28.2 Å². The minimum absolute atomic E-state index is 0.0406. The molecule has 6 nitrogen and oxygen atoms in total. The van der Waals surface area contributed by atoms with Crippen LogP contribution in [0.1, 0.15) is 19.5 Å². The van der Waals surface area contributed by atoms with Crippen molar-refractivity contribution in [3.63, 3.8) is 0 Å². The van der Waals surface area contributed by atoms with Gasteiger partial charge in [-0.05, 0) is 31.5 Å². The van der Waals surface area contributed by atoms with Crippen LogP contribution in [0.25, 0.3) is 5.69 Å². The summed E-state index contributed by atoms with van der Waals surface area (Å²) in [6, 6.07) is 2.10. The van der Waals surface area contributed by atoms with Gasteiger partial charge in [0, 0.05) is 18.4 Å². The van der Waals surface area contributed by atoms with Gasteiger partial charge in [-0.2, -0.15) is 8.78 Å². The average Bonchev–Trinajstić information content (AvgIpc) is 2.47. The fourth-order valence-electron chi connectivity index (χ4n) is 2.11. The Morgan fingerprint density at radius 1 is 1.26 bits per heavy atom. The van der Waals surface area contributed by atoms with Crippen molar-refractivity contribution < 1.29 is 26.3 Å². The van der Waals surface area contributed by atoms with Crippen LogP contribution >= 0.6 is 23.2 Å². The second-order valence-corrected chi connectivity index (χ2v) is 8.56. The first-order valence-corrected chi connectivity index (χ1v) is 9.94.